The van der Waals surface area contributed by atoms with Gasteiger partial charge in [0, 0.05) is 83.2 Å². The van der Waals surface area contributed by atoms with Gasteiger partial charge in [0.1, 0.15) is 52.6 Å². The van der Waals surface area contributed by atoms with Crippen molar-refractivity contribution in [2.45, 2.75) is 101 Å². The Bertz CT molecular complexity index is 4850. The molecule has 4 amide bonds. The molecule has 47 heteroatoms. The minimum atomic E-state index is -1.52. The van der Waals surface area contributed by atoms with Gasteiger partial charge in [-0.2, -0.15) is 0 Å². The van der Waals surface area contributed by atoms with Gasteiger partial charge in [0.15, 0.2) is 22.4 Å². The van der Waals surface area contributed by atoms with Crippen LogP contribution in [0.3, 0.4) is 0 Å². The minimum absolute atomic E-state index is 0. The SMILES string of the molecule is NC(=O)CN(CCN(CC(=O)[O-])CC(Cc1ccc(NC(=S)NCCCCCC(=O)NC(Cc2cc(I)c(Oc3cc(I)c(O)c(I)c3)c(I)c2)C(=O)O)cc1)N(CC(N)=O)CC(=O)[O-])CC(=O)[O-].NC(Cc1cc(I)c(Oc2cc(I)c(O)c(I)c2)c(I)c1)C(=O)O.NCCCCCC(=O)NC(Cc1cc(I)c(Oc2cc(I)c(O)c(I)c2)c(I)c1)C(=O)O.[Eu+3]. The van der Waals surface area contributed by atoms with Crippen LogP contribution in [0.2, 0.25) is 0 Å². The van der Waals surface area contributed by atoms with Crippen molar-refractivity contribution in [1.82, 2.24) is 30.7 Å². The number of nitrogens with one attached hydrogen (secondary N) is 4. The first kappa shape index (κ1) is 116. The summed E-state index contributed by atoms with van der Waals surface area (Å²) in [6.45, 7) is -2.35. The Kier molecular flexibility index (Phi) is 55.0. The summed E-state index contributed by atoms with van der Waals surface area (Å²) < 4.78 is 27.1. The van der Waals surface area contributed by atoms with Crippen molar-refractivity contribution in [3.05, 3.63) is 162 Å². The zero-order valence-electron chi connectivity index (χ0n) is 65.8. The molecule has 7 aromatic carbocycles. The number of carboxylic acids is 6. The van der Waals surface area contributed by atoms with Crippen LogP contribution in [0.5, 0.6) is 51.7 Å². The molecular formula is C79H82EuI12N11O22S. The Hall–Kier alpha value is -2.13. The van der Waals surface area contributed by atoms with Gasteiger partial charge in [-0.1, -0.05) is 25.0 Å². The van der Waals surface area contributed by atoms with Crippen molar-refractivity contribution in [2.24, 2.45) is 22.9 Å². The molecule has 682 valence electrons. The number of primary amides is 2. The molecule has 0 aromatic heterocycles. The third-order valence-electron chi connectivity index (χ3n) is 17.4. The number of amides is 4. The number of halogens is 12. The largest absolute Gasteiger partial charge is 3.00 e. The second-order valence-electron chi connectivity index (χ2n) is 27.4. The number of phenolic OH excluding ortho intramolecular Hbond substituents is 3. The molecule has 7 rings (SSSR count). The maximum Gasteiger partial charge on any atom is 3.00 e. The van der Waals surface area contributed by atoms with Crippen molar-refractivity contribution in [2.75, 3.05) is 70.8 Å². The predicted octanol–water partition coefficient (Wildman–Crippen LogP) is 9.09. The summed E-state index contributed by atoms with van der Waals surface area (Å²) in [6.07, 6.45) is 5.17. The monoisotopic (exact) mass is 3240 g/mol. The van der Waals surface area contributed by atoms with E-state index in [1.165, 1.54) is 9.80 Å². The Morgan fingerprint density at radius 2 is 0.778 bits per heavy atom. The number of carbonyl (C=O) groups is 10. The van der Waals surface area contributed by atoms with Gasteiger partial charge in [-0.15, -0.1) is 0 Å². The number of carbonyl (C=O) groups excluding carboxylic acids is 7. The molecule has 0 saturated heterocycles. The number of anilines is 1. The summed E-state index contributed by atoms with van der Waals surface area (Å²) in [5, 5.41) is 105. The molecule has 7 aromatic rings. The molecule has 0 radical (unpaired) electrons. The van der Waals surface area contributed by atoms with E-state index in [0.29, 0.717) is 117 Å². The molecule has 0 heterocycles. The number of nitrogens with zero attached hydrogens (tertiary/aromatic N) is 3. The van der Waals surface area contributed by atoms with Crippen LogP contribution in [0.15, 0.2) is 97.1 Å². The number of thiocarbonyl (C=S) groups is 1. The second-order valence-corrected chi connectivity index (χ2v) is 41.8. The van der Waals surface area contributed by atoms with E-state index < -0.39 is 110 Å². The van der Waals surface area contributed by atoms with E-state index in [-0.39, 0.29) is 131 Å². The number of hydrogen-bond acceptors (Lipinski definition) is 25. The number of unbranched alkanes of at least 4 members (excludes halogenated alkanes) is 4. The summed E-state index contributed by atoms with van der Waals surface area (Å²) in [6, 6.07) is 24.5. The van der Waals surface area contributed by atoms with Gasteiger partial charge < -0.3 is 119 Å². The number of aromatic hydroxyl groups is 3. The predicted molar refractivity (Wildman–Crippen MR) is 564 cm³/mol. The average molecular weight is 3240 g/mol. The van der Waals surface area contributed by atoms with Crippen molar-refractivity contribution in [1.29, 1.82) is 0 Å². The standard InChI is InChI=1S/C43H52I4N8O13S.C21H22I4N2O5.C15H11I4NO4.Eu/c44-29-16-28(17-30(45)40(29)65)68-41-31(46)13-25(14-32(41)47)15-33(42(66)67)52-36(58)4-2-1-3-9-50-43(69)51-26-7-5-24(6-8-26)12-27(55(20-35(49)57)23-39(63)64)18-53(21-37(59)60)10-11-54(19-34(48)56)22-38(61)62;22-13-9-12(10-14(23)19(13)29)32-20-15(24)6-11(7-16(20)25)8-17(21(30)31)27-18(28)4-2-1-3-5-26;16-8-4-7(5-9(17)13(8)21)24-14-10(18)1-6(2-11(14)19)3-12(20)15(22)23;/h5-8,13-14,16-17,27,33,65H,1-4,9-12,15,18-23H2,(H2,48,56)(H2,49,57)(H,52,58)(H,59,60)(H,61,62)(H,63,64)(H,66,67)(H2,50,51,69);6-7,9-10,17,29H,1-5,8,26H2,(H,27,28)(H,30,31);1-2,4-5,12,21H,3,20H2,(H,22,23);/q;;;+3/p-3. The third-order valence-corrected chi connectivity index (χ3v) is 27.4. The molecule has 126 heavy (non-hydrogen) atoms. The summed E-state index contributed by atoms with van der Waals surface area (Å²) >= 11 is 30.5. The number of phenols is 3. The second kappa shape index (κ2) is 59.7. The molecule has 4 unspecified atom stereocenters. The molecule has 0 aliphatic rings. The van der Waals surface area contributed by atoms with Gasteiger partial charge in [-0.05, 0) is 436 Å². The van der Waals surface area contributed by atoms with E-state index in [4.69, 9.17) is 54.5 Å². The number of hydrogen-bond donors (Lipinski definition) is 14. The molecule has 0 spiro atoms. The molecule has 0 aliphatic heterocycles. The number of nitrogens with two attached hydrogens (primary N) is 4. The fourth-order valence-corrected chi connectivity index (χ4v) is 23.3. The maximum atomic E-state index is 12.8. The first-order chi connectivity index (χ1) is 58.8. The molecule has 33 nitrogen and oxygen atoms in total. The van der Waals surface area contributed by atoms with Crippen LogP contribution in [0.1, 0.15) is 73.6 Å². The van der Waals surface area contributed by atoms with E-state index in [0.717, 1.165) is 50.3 Å². The molecule has 4 atom stereocenters. The molecule has 0 aliphatic carbocycles. The van der Waals surface area contributed by atoms with Crippen molar-refractivity contribution < 1.29 is 157 Å². The summed E-state index contributed by atoms with van der Waals surface area (Å²) in [4.78, 5) is 122. The summed E-state index contributed by atoms with van der Waals surface area (Å²) in [7, 11) is 0. The maximum absolute atomic E-state index is 12.8. The van der Waals surface area contributed by atoms with Crippen LogP contribution in [0.4, 0.5) is 5.69 Å². The Labute approximate surface area is 935 Å². The van der Waals surface area contributed by atoms with Crippen LogP contribution >= 0.6 is 283 Å². The zero-order valence-corrected chi connectivity index (χ0v) is 94.9. The Morgan fingerprint density at radius 1 is 0.429 bits per heavy atom. The van der Waals surface area contributed by atoms with Crippen LogP contribution in [0.25, 0.3) is 0 Å². The number of rotatable bonds is 47. The van der Waals surface area contributed by atoms with Crippen molar-refractivity contribution in [3.8, 4) is 51.7 Å². The topological polar surface area (TPSA) is 551 Å². The van der Waals surface area contributed by atoms with E-state index in [9.17, 15) is 88.8 Å². The van der Waals surface area contributed by atoms with Gasteiger partial charge >= 0.3 is 67.3 Å². The van der Waals surface area contributed by atoms with Gasteiger partial charge in [0.2, 0.25) is 23.6 Å². The number of aliphatic carboxylic acids is 6. The molecular weight excluding hydrogens is 3160 g/mol. The minimum Gasteiger partial charge on any atom is -0.549 e. The number of carboxylic acid groups (broad SMARTS) is 6. The van der Waals surface area contributed by atoms with Crippen LogP contribution in [0, 0.1) is 92.2 Å². The van der Waals surface area contributed by atoms with Crippen LogP contribution in [-0.2, 0) is 73.6 Å². The van der Waals surface area contributed by atoms with E-state index in [2.05, 4.69) is 202 Å². The normalized spacial score (nSPS) is 11.9. The molecule has 0 fully saturated rings. The smallest absolute Gasteiger partial charge is 0.549 e. The number of benzene rings is 7. The quantitative estimate of drug-likeness (QED) is 0.00960. The van der Waals surface area contributed by atoms with Gasteiger partial charge in [0.25, 0.3) is 0 Å². The van der Waals surface area contributed by atoms with E-state index in [1.54, 1.807) is 60.7 Å². The van der Waals surface area contributed by atoms with Crippen LogP contribution in [-0.4, -0.2) is 200 Å². The van der Waals surface area contributed by atoms with Gasteiger partial charge in [-0.25, -0.2) is 9.59 Å². The van der Waals surface area contributed by atoms with Crippen molar-refractivity contribution >= 4 is 354 Å². The average Bonchev–Trinajstić information content (AvgIpc) is 0.819. The summed E-state index contributed by atoms with van der Waals surface area (Å²) in [5.74, 6) is -5.74. The van der Waals surface area contributed by atoms with Crippen LogP contribution < -0.4 is 73.7 Å². The fraction of sp³-hybridized carbons (Fsp3) is 0.329. The zero-order chi connectivity index (χ0) is 93.2. The van der Waals surface area contributed by atoms with Gasteiger partial charge in [0.05, 0.1) is 73.8 Å². The fourth-order valence-electron chi connectivity index (χ4n) is 11.6. The Morgan fingerprint density at radius 3 is 1.12 bits per heavy atom. The molecule has 0 bridgehead atoms. The van der Waals surface area contributed by atoms with E-state index >= 15 is 0 Å². The number of ether oxygens (including phenoxy) is 3. The molecule has 0 saturated carbocycles. The van der Waals surface area contributed by atoms with Crippen molar-refractivity contribution in [3.63, 3.8) is 0 Å². The van der Waals surface area contributed by atoms with E-state index in [1.807, 2.05) is 127 Å². The Balaban J connectivity index is 0.000000475. The first-order valence-electron chi connectivity index (χ1n) is 37.0. The van der Waals surface area contributed by atoms with Gasteiger partial charge in [-0.3, -0.25) is 38.7 Å². The molecule has 18 N–H and O–H groups in total. The summed E-state index contributed by atoms with van der Waals surface area (Å²) in [5.41, 5.74) is 25.3. The third kappa shape index (κ3) is 42.8. The first-order valence-corrected chi connectivity index (χ1v) is 50.4.